The summed E-state index contributed by atoms with van der Waals surface area (Å²) in [5.74, 6) is -1.60. The number of carboxylic acid groups (broad SMARTS) is 1. The van der Waals surface area contributed by atoms with Gasteiger partial charge in [-0.1, -0.05) is 43.0 Å². The van der Waals surface area contributed by atoms with Crippen LogP contribution in [0.3, 0.4) is 0 Å². The van der Waals surface area contributed by atoms with Gasteiger partial charge < -0.3 is 10.4 Å². The minimum absolute atomic E-state index is 0.126. The molecule has 0 heterocycles. The molecule has 6 heteroatoms. The molecule has 1 fully saturated rings. The van der Waals surface area contributed by atoms with Crippen LogP contribution in [0.2, 0.25) is 10.0 Å². The second-order valence-electron chi connectivity index (χ2n) is 5.50. The second kappa shape index (κ2) is 6.24. The van der Waals surface area contributed by atoms with Crippen LogP contribution in [-0.2, 0) is 4.79 Å². The number of nitrogens with one attached hydrogen (secondary N) is 1. The molecule has 0 radical (unpaired) electrons. The van der Waals surface area contributed by atoms with Crippen molar-refractivity contribution in [2.24, 2.45) is 5.92 Å². The van der Waals surface area contributed by atoms with Gasteiger partial charge in [0.1, 0.15) is 5.54 Å². The van der Waals surface area contributed by atoms with E-state index in [1.807, 2.05) is 6.92 Å². The summed E-state index contributed by atoms with van der Waals surface area (Å²) in [4.78, 5) is 24.1. The summed E-state index contributed by atoms with van der Waals surface area (Å²) in [5.41, 5.74) is -0.988. The highest BCUT2D eigenvalue weighted by atomic mass is 35.5. The number of benzene rings is 1. The zero-order valence-electron chi connectivity index (χ0n) is 11.7. The van der Waals surface area contributed by atoms with Gasteiger partial charge in [0.15, 0.2) is 0 Å². The average molecular weight is 330 g/mol. The number of aliphatic carboxylic acids is 1. The number of rotatable bonds is 3. The monoisotopic (exact) mass is 329 g/mol. The molecule has 0 bridgehead atoms. The van der Waals surface area contributed by atoms with Crippen molar-refractivity contribution in [1.82, 2.24) is 5.32 Å². The molecule has 1 aromatic carbocycles. The molecule has 0 aliphatic heterocycles. The number of hydrogen-bond acceptors (Lipinski definition) is 2. The van der Waals surface area contributed by atoms with Gasteiger partial charge in [0.05, 0.1) is 10.6 Å². The quantitative estimate of drug-likeness (QED) is 0.887. The Balaban J connectivity index is 2.28. The van der Waals surface area contributed by atoms with Crippen molar-refractivity contribution in [2.45, 2.75) is 38.1 Å². The van der Waals surface area contributed by atoms with Crippen molar-refractivity contribution in [1.29, 1.82) is 0 Å². The Kier molecular flexibility index (Phi) is 4.79. The number of amides is 1. The molecule has 0 aromatic heterocycles. The van der Waals surface area contributed by atoms with E-state index in [9.17, 15) is 14.7 Å². The van der Waals surface area contributed by atoms with E-state index in [0.717, 1.165) is 19.3 Å². The standard InChI is InChI=1S/C15H17Cl2NO3/c1-9-4-2-3-7-15(9,14(20)21)18-13(19)11-6-5-10(16)8-12(11)17/h5-6,8-9H,2-4,7H2,1H3,(H,18,19)(H,20,21). The molecule has 2 atom stereocenters. The maximum absolute atomic E-state index is 12.4. The van der Waals surface area contributed by atoms with E-state index in [1.54, 1.807) is 6.07 Å². The van der Waals surface area contributed by atoms with E-state index < -0.39 is 17.4 Å². The summed E-state index contributed by atoms with van der Waals surface area (Å²) in [6.07, 6.45) is 2.97. The molecule has 114 valence electrons. The highest BCUT2D eigenvalue weighted by Gasteiger charge is 2.46. The third-order valence-electron chi connectivity index (χ3n) is 4.19. The van der Waals surface area contributed by atoms with Crippen molar-refractivity contribution >= 4 is 35.1 Å². The zero-order chi connectivity index (χ0) is 15.6. The van der Waals surface area contributed by atoms with Crippen LogP contribution in [0.15, 0.2) is 18.2 Å². The van der Waals surface area contributed by atoms with Crippen LogP contribution in [-0.4, -0.2) is 22.5 Å². The molecule has 21 heavy (non-hydrogen) atoms. The molecule has 1 amide bonds. The van der Waals surface area contributed by atoms with Gasteiger partial charge in [0.25, 0.3) is 5.91 Å². The minimum atomic E-state index is -1.22. The van der Waals surface area contributed by atoms with Gasteiger partial charge >= 0.3 is 5.97 Å². The first-order valence-electron chi connectivity index (χ1n) is 6.88. The molecule has 1 aromatic rings. The predicted molar refractivity (Wildman–Crippen MR) is 81.9 cm³/mol. The van der Waals surface area contributed by atoms with Crippen LogP contribution in [0.5, 0.6) is 0 Å². The highest BCUT2D eigenvalue weighted by Crippen LogP contribution is 2.34. The topological polar surface area (TPSA) is 66.4 Å². The maximum Gasteiger partial charge on any atom is 0.329 e. The Labute approximate surface area is 133 Å². The molecule has 0 saturated heterocycles. The summed E-state index contributed by atoms with van der Waals surface area (Å²) < 4.78 is 0. The van der Waals surface area contributed by atoms with Crippen LogP contribution >= 0.6 is 23.2 Å². The Morgan fingerprint density at radius 1 is 1.33 bits per heavy atom. The summed E-state index contributed by atoms with van der Waals surface area (Å²) in [5, 5.41) is 12.9. The van der Waals surface area contributed by atoms with E-state index in [-0.39, 0.29) is 16.5 Å². The molecule has 1 aliphatic carbocycles. The molecular weight excluding hydrogens is 313 g/mol. The molecule has 0 spiro atoms. The number of carbonyl (C=O) groups is 2. The fourth-order valence-corrected chi connectivity index (χ4v) is 3.34. The summed E-state index contributed by atoms with van der Waals surface area (Å²) >= 11 is 11.8. The van der Waals surface area contributed by atoms with E-state index in [1.165, 1.54) is 12.1 Å². The largest absolute Gasteiger partial charge is 0.479 e. The normalized spacial score (nSPS) is 25.4. The zero-order valence-corrected chi connectivity index (χ0v) is 13.2. The van der Waals surface area contributed by atoms with E-state index in [2.05, 4.69) is 5.32 Å². The first kappa shape index (κ1) is 16.1. The first-order valence-corrected chi connectivity index (χ1v) is 7.63. The van der Waals surface area contributed by atoms with Crippen LogP contribution in [0.25, 0.3) is 0 Å². The fourth-order valence-electron chi connectivity index (χ4n) is 2.85. The number of carbonyl (C=O) groups excluding carboxylic acids is 1. The van der Waals surface area contributed by atoms with Gasteiger partial charge in [-0.25, -0.2) is 4.79 Å². The van der Waals surface area contributed by atoms with Crippen molar-refractivity contribution in [2.75, 3.05) is 0 Å². The van der Waals surface area contributed by atoms with E-state index in [4.69, 9.17) is 23.2 Å². The third-order valence-corrected chi connectivity index (χ3v) is 4.74. The number of hydrogen-bond donors (Lipinski definition) is 2. The predicted octanol–water partition coefficient (Wildman–Crippen LogP) is 3.76. The van der Waals surface area contributed by atoms with Gasteiger partial charge in [-0.2, -0.15) is 0 Å². The van der Waals surface area contributed by atoms with Crippen molar-refractivity contribution in [3.8, 4) is 0 Å². The smallest absolute Gasteiger partial charge is 0.329 e. The molecular formula is C15H17Cl2NO3. The van der Waals surface area contributed by atoms with Crippen LogP contribution in [0.1, 0.15) is 43.0 Å². The fraction of sp³-hybridized carbons (Fsp3) is 0.467. The van der Waals surface area contributed by atoms with Crippen LogP contribution < -0.4 is 5.32 Å². The van der Waals surface area contributed by atoms with Gasteiger partial charge in [0, 0.05) is 5.02 Å². The Morgan fingerprint density at radius 3 is 2.62 bits per heavy atom. The van der Waals surface area contributed by atoms with Crippen LogP contribution in [0, 0.1) is 5.92 Å². The lowest BCUT2D eigenvalue weighted by molar-refractivity contribution is -0.148. The van der Waals surface area contributed by atoms with E-state index >= 15 is 0 Å². The van der Waals surface area contributed by atoms with Gasteiger partial charge in [-0.05, 0) is 37.0 Å². The third kappa shape index (κ3) is 3.16. The highest BCUT2D eigenvalue weighted by molar-refractivity contribution is 6.36. The number of carboxylic acids is 1. The molecule has 1 aliphatic rings. The SMILES string of the molecule is CC1CCCCC1(NC(=O)c1ccc(Cl)cc1Cl)C(=O)O. The van der Waals surface area contributed by atoms with Crippen molar-refractivity contribution in [3.05, 3.63) is 33.8 Å². The minimum Gasteiger partial charge on any atom is -0.479 e. The van der Waals surface area contributed by atoms with Gasteiger partial charge in [0.2, 0.25) is 0 Å². The maximum atomic E-state index is 12.4. The van der Waals surface area contributed by atoms with Crippen molar-refractivity contribution < 1.29 is 14.7 Å². The number of halogens is 2. The van der Waals surface area contributed by atoms with Gasteiger partial charge in [-0.3, -0.25) is 4.79 Å². The van der Waals surface area contributed by atoms with E-state index in [0.29, 0.717) is 11.4 Å². The first-order chi connectivity index (χ1) is 9.86. The molecule has 1 saturated carbocycles. The lowest BCUT2D eigenvalue weighted by atomic mass is 9.73. The Bertz CT molecular complexity index is 576. The second-order valence-corrected chi connectivity index (χ2v) is 6.35. The van der Waals surface area contributed by atoms with Crippen LogP contribution in [0.4, 0.5) is 0 Å². The lowest BCUT2D eigenvalue weighted by Gasteiger charge is -2.39. The molecule has 2 unspecified atom stereocenters. The molecule has 4 nitrogen and oxygen atoms in total. The summed E-state index contributed by atoms with van der Waals surface area (Å²) in [6, 6.07) is 4.53. The van der Waals surface area contributed by atoms with Crippen molar-refractivity contribution in [3.63, 3.8) is 0 Å². The van der Waals surface area contributed by atoms with Gasteiger partial charge in [-0.15, -0.1) is 0 Å². The average Bonchev–Trinajstić information content (AvgIpc) is 2.41. The summed E-state index contributed by atoms with van der Waals surface area (Å²) in [6.45, 7) is 1.86. The summed E-state index contributed by atoms with van der Waals surface area (Å²) in [7, 11) is 0. The lowest BCUT2D eigenvalue weighted by Crippen LogP contribution is -2.60. The Morgan fingerprint density at radius 2 is 2.05 bits per heavy atom. The molecule has 2 N–H and O–H groups in total. The molecule has 2 rings (SSSR count). The Hall–Kier alpha value is -1.26.